The van der Waals surface area contributed by atoms with Gasteiger partial charge in [-0.05, 0) is 35.9 Å². The van der Waals surface area contributed by atoms with E-state index in [1.54, 1.807) is 11.8 Å². The summed E-state index contributed by atoms with van der Waals surface area (Å²) >= 11 is 1.71. The van der Waals surface area contributed by atoms with Crippen LogP contribution in [0.1, 0.15) is 20.3 Å². The Balaban J connectivity index is 2.68. The molecule has 3 nitrogen and oxygen atoms in total. The summed E-state index contributed by atoms with van der Waals surface area (Å²) in [7, 11) is 2.00. The smallest absolute Gasteiger partial charge is 0.303 e. The third-order valence-electron chi connectivity index (χ3n) is 2.81. The largest absolute Gasteiger partial charge is 0.481 e. The molecule has 1 N–H and O–H groups in total. The highest BCUT2D eigenvalue weighted by Crippen LogP contribution is 2.25. The molecule has 0 saturated carbocycles. The van der Waals surface area contributed by atoms with Gasteiger partial charge in [-0.3, -0.25) is 4.79 Å². The first-order valence-electron chi connectivity index (χ1n) is 5.91. The number of carboxylic acids is 1. The number of aliphatic carboxylic acids is 1. The zero-order valence-corrected chi connectivity index (χ0v) is 12.3. The van der Waals surface area contributed by atoms with Crippen LogP contribution in [0, 0.1) is 5.41 Å². The summed E-state index contributed by atoms with van der Waals surface area (Å²) in [6.07, 6.45) is 2.23. The molecule has 0 heterocycles. The quantitative estimate of drug-likeness (QED) is 0.802. The van der Waals surface area contributed by atoms with Gasteiger partial charge in [0, 0.05) is 24.2 Å². The van der Waals surface area contributed by atoms with Crippen LogP contribution in [-0.2, 0) is 4.79 Å². The van der Waals surface area contributed by atoms with E-state index in [1.165, 1.54) is 4.90 Å². The molecule has 0 radical (unpaired) electrons. The fourth-order valence-electron chi connectivity index (χ4n) is 2.04. The van der Waals surface area contributed by atoms with Crippen LogP contribution >= 0.6 is 11.8 Å². The number of benzene rings is 1. The van der Waals surface area contributed by atoms with Crippen molar-refractivity contribution >= 4 is 23.4 Å². The second-order valence-corrected chi connectivity index (χ2v) is 6.17. The van der Waals surface area contributed by atoms with Crippen molar-refractivity contribution in [2.75, 3.05) is 24.7 Å². The van der Waals surface area contributed by atoms with E-state index in [2.05, 4.69) is 35.4 Å². The molecule has 0 bridgehead atoms. The van der Waals surface area contributed by atoms with Gasteiger partial charge in [-0.15, -0.1) is 11.8 Å². The van der Waals surface area contributed by atoms with E-state index in [0.29, 0.717) is 0 Å². The average Bonchev–Trinajstić information content (AvgIpc) is 2.26. The van der Waals surface area contributed by atoms with Gasteiger partial charge in [0.05, 0.1) is 6.42 Å². The van der Waals surface area contributed by atoms with Gasteiger partial charge < -0.3 is 10.0 Å². The molecule has 0 atom stereocenters. The van der Waals surface area contributed by atoms with Gasteiger partial charge in [-0.25, -0.2) is 0 Å². The van der Waals surface area contributed by atoms with Gasteiger partial charge in [-0.2, -0.15) is 0 Å². The molecule has 0 unspecified atom stereocenters. The molecule has 0 spiro atoms. The van der Waals surface area contributed by atoms with Crippen molar-refractivity contribution < 1.29 is 9.90 Å². The molecule has 1 aromatic carbocycles. The number of carbonyl (C=O) groups is 1. The minimum Gasteiger partial charge on any atom is -0.481 e. The summed E-state index contributed by atoms with van der Waals surface area (Å²) in [5, 5.41) is 8.88. The maximum Gasteiger partial charge on any atom is 0.303 e. The minimum absolute atomic E-state index is 0.181. The lowest BCUT2D eigenvalue weighted by molar-refractivity contribution is -0.139. The molecule has 0 aromatic heterocycles. The summed E-state index contributed by atoms with van der Waals surface area (Å²) in [5.41, 5.74) is 0.880. The summed E-state index contributed by atoms with van der Waals surface area (Å²) in [5.74, 6) is -0.744. The summed E-state index contributed by atoms with van der Waals surface area (Å²) < 4.78 is 0. The molecule has 0 saturated heterocycles. The van der Waals surface area contributed by atoms with E-state index >= 15 is 0 Å². The van der Waals surface area contributed by atoms with Crippen molar-refractivity contribution in [2.45, 2.75) is 25.2 Å². The van der Waals surface area contributed by atoms with Crippen molar-refractivity contribution in [3.8, 4) is 0 Å². The summed E-state index contributed by atoms with van der Waals surface area (Å²) in [6.45, 7) is 4.68. The number of nitrogens with zero attached hydrogens (tertiary/aromatic N) is 1. The van der Waals surface area contributed by atoms with Crippen LogP contribution in [0.2, 0.25) is 0 Å². The molecule has 1 rings (SSSR count). The predicted octanol–water partition coefficient (Wildman–Crippen LogP) is 3.35. The fourth-order valence-corrected chi connectivity index (χ4v) is 2.44. The highest BCUT2D eigenvalue weighted by Gasteiger charge is 2.23. The van der Waals surface area contributed by atoms with Gasteiger partial charge in [0.2, 0.25) is 0 Å². The van der Waals surface area contributed by atoms with Crippen molar-refractivity contribution in [3.05, 3.63) is 24.3 Å². The lowest BCUT2D eigenvalue weighted by Crippen LogP contribution is -2.33. The van der Waals surface area contributed by atoms with Crippen LogP contribution < -0.4 is 4.90 Å². The number of carboxylic acid groups (broad SMARTS) is 1. The lowest BCUT2D eigenvalue weighted by Gasteiger charge is -2.30. The first kappa shape index (κ1) is 14.9. The van der Waals surface area contributed by atoms with Crippen LogP contribution in [0.3, 0.4) is 0 Å². The van der Waals surface area contributed by atoms with Gasteiger partial charge in [-0.1, -0.05) is 13.8 Å². The molecule has 18 heavy (non-hydrogen) atoms. The third kappa shape index (κ3) is 4.61. The molecule has 100 valence electrons. The molecular formula is C14H21NO2S. The molecule has 0 fully saturated rings. The van der Waals surface area contributed by atoms with E-state index in [-0.39, 0.29) is 11.8 Å². The van der Waals surface area contributed by atoms with Gasteiger partial charge in [0.1, 0.15) is 0 Å². The molecule has 0 aliphatic heterocycles. The fraction of sp³-hybridized carbons (Fsp3) is 0.500. The van der Waals surface area contributed by atoms with E-state index in [4.69, 9.17) is 5.11 Å². The Morgan fingerprint density at radius 2 is 1.89 bits per heavy atom. The second kappa shape index (κ2) is 6.14. The predicted molar refractivity (Wildman–Crippen MR) is 77.5 cm³/mol. The molecule has 0 aliphatic carbocycles. The zero-order valence-electron chi connectivity index (χ0n) is 11.4. The average molecular weight is 267 g/mol. The number of hydrogen-bond donors (Lipinski definition) is 1. The van der Waals surface area contributed by atoms with Crippen LogP contribution in [-0.4, -0.2) is 30.9 Å². The van der Waals surface area contributed by atoms with E-state index in [1.807, 2.05) is 20.9 Å². The molecule has 1 aromatic rings. The molecular weight excluding hydrogens is 246 g/mol. The zero-order chi connectivity index (χ0) is 13.8. The van der Waals surface area contributed by atoms with Crippen molar-refractivity contribution in [2.24, 2.45) is 5.41 Å². The van der Waals surface area contributed by atoms with Crippen molar-refractivity contribution in [3.63, 3.8) is 0 Å². The number of hydrogen-bond acceptors (Lipinski definition) is 3. The van der Waals surface area contributed by atoms with E-state index in [0.717, 1.165) is 12.2 Å². The van der Waals surface area contributed by atoms with Crippen molar-refractivity contribution in [1.29, 1.82) is 0 Å². The van der Waals surface area contributed by atoms with Gasteiger partial charge in [0.25, 0.3) is 0 Å². The lowest BCUT2D eigenvalue weighted by atomic mass is 9.89. The Kier molecular flexibility index (Phi) is 5.08. The maximum atomic E-state index is 10.8. The monoisotopic (exact) mass is 267 g/mol. The third-order valence-corrected chi connectivity index (χ3v) is 3.55. The number of rotatable bonds is 6. The van der Waals surface area contributed by atoms with Gasteiger partial charge in [0.15, 0.2) is 0 Å². The standard InChI is InChI=1S/C14H21NO2S/c1-14(2,9-13(16)17)10-15(3)11-5-7-12(18-4)8-6-11/h5-8H,9-10H2,1-4H3,(H,16,17). The Morgan fingerprint density at radius 3 is 2.33 bits per heavy atom. The number of thioether (sulfide) groups is 1. The SMILES string of the molecule is CSc1ccc(N(C)CC(C)(C)CC(=O)O)cc1. The second-order valence-electron chi connectivity index (χ2n) is 5.29. The Bertz CT molecular complexity index is 401. The molecule has 0 amide bonds. The number of anilines is 1. The van der Waals surface area contributed by atoms with Crippen LogP contribution in [0.5, 0.6) is 0 Å². The molecule has 0 aliphatic rings. The first-order valence-corrected chi connectivity index (χ1v) is 7.13. The summed E-state index contributed by atoms with van der Waals surface area (Å²) in [6, 6.07) is 8.31. The highest BCUT2D eigenvalue weighted by molar-refractivity contribution is 7.98. The van der Waals surface area contributed by atoms with Crippen molar-refractivity contribution in [1.82, 2.24) is 0 Å². The Labute approximate surface area is 113 Å². The molecule has 4 heteroatoms. The Morgan fingerprint density at radius 1 is 1.33 bits per heavy atom. The Hall–Kier alpha value is -1.16. The van der Waals surface area contributed by atoms with Crippen LogP contribution in [0.4, 0.5) is 5.69 Å². The van der Waals surface area contributed by atoms with Crippen LogP contribution in [0.15, 0.2) is 29.2 Å². The highest BCUT2D eigenvalue weighted by atomic mass is 32.2. The first-order chi connectivity index (χ1) is 8.34. The van der Waals surface area contributed by atoms with E-state index < -0.39 is 5.97 Å². The van der Waals surface area contributed by atoms with Gasteiger partial charge >= 0.3 is 5.97 Å². The minimum atomic E-state index is -0.744. The maximum absolute atomic E-state index is 10.8. The topological polar surface area (TPSA) is 40.5 Å². The summed E-state index contributed by atoms with van der Waals surface area (Å²) in [4.78, 5) is 14.1. The normalized spacial score (nSPS) is 11.3. The van der Waals surface area contributed by atoms with Crippen LogP contribution in [0.25, 0.3) is 0 Å². The van der Waals surface area contributed by atoms with E-state index in [9.17, 15) is 4.79 Å².